The zero-order valence-electron chi connectivity index (χ0n) is 12.5. The van der Waals surface area contributed by atoms with Crippen LogP contribution in [-0.2, 0) is 13.8 Å². The normalized spacial score (nSPS) is 11.5. The van der Waals surface area contributed by atoms with Crippen molar-refractivity contribution in [3.63, 3.8) is 0 Å². The minimum Gasteiger partial charge on any atom is -0.381 e. The van der Waals surface area contributed by atoms with E-state index in [0.29, 0.717) is 6.61 Å². The number of unbranched alkanes of at least 4 members (excludes halogenated alkanes) is 4. The Bertz CT molecular complexity index is 203. The van der Waals surface area contributed by atoms with Crippen molar-refractivity contribution in [2.45, 2.75) is 58.8 Å². The second-order valence-electron chi connectivity index (χ2n) is 4.99. The Morgan fingerprint density at radius 1 is 0.947 bits per heavy atom. The summed E-state index contributed by atoms with van der Waals surface area (Å²) in [5.41, 5.74) is 0. The van der Waals surface area contributed by atoms with Crippen LogP contribution >= 0.6 is 8.25 Å². The minimum absolute atomic E-state index is 0. The largest absolute Gasteiger partial charge is 0.694 e. The lowest BCUT2D eigenvalue weighted by atomic mass is 10.0. The van der Waals surface area contributed by atoms with E-state index in [1.807, 2.05) is 0 Å². The summed E-state index contributed by atoms with van der Waals surface area (Å²) < 4.78 is 20.2. The van der Waals surface area contributed by atoms with E-state index in [4.69, 9.17) is 9.63 Å². The molecule has 0 aliphatic heterocycles. The quantitative estimate of drug-likeness (QED) is 0.392. The molecule has 0 radical (unpaired) electrons. The molecule has 1 atom stereocenters. The fourth-order valence-corrected chi connectivity index (χ4v) is 1.95. The first-order chi connectivity index (χ1) is 8.63. The molecule has 6 heteroatoms. The maximum Gasteiger partial charge on any atom is 0.694 e. The molecule has 0 amide bonds. The van der Waals surface area contributed by atoms with Crippen LogP contribution < -0.4 is 6.15 Å². The van der Waals surface area contributed by atoms with Gasteiger partial charge in [0.1, 0.15) is 6.61 Å². The van der Waals surface area contributed by atoms with Crippen molar-refractivity contribution in [3.05, 3.63) is 0 Å². The van der Waals surface area contributed by atoms with Gasteiger partial charge in [0, 0.05) is 17.8 Å². The monoisotopic (exact) mass is 296 g/mol. The van der Waals surface area contributed by atoms with Gasteiger partial charge in [-0.15, -0.1) is 9.42 Å². The van der Waals surface area contributed by atoms with Gasteiger partial charge in [0.2, 0.25) is 0 Å². The van der Waals surface area contributed by atoms with Gasteiger partial charge >= 0.3 is 8.25 Å². The molecule has 0 aromatic carbocycles. The first-order valence-corrected chi connectivity index (χ1v) is 8.12. The lowest BCUT2D eigenvalue weighted by Gasteiger charge is -2.05. The van der Waals surface area contributed by atoms with Gasteiger partial charge in [-0.2, -0.15) is 0 Å². The molecule has 0 bridgehead atoms. The fraction of sp³-hybridized carbons (Fsp3) is 1.00. The van der Waals surface area contributed by atoms with E-state index in [-0.39, 0.29) is 6.15 Å². The van der Waals surface area contributed by atoms with Gasteiger partial charge in [-0.25, -0.2) is 0 Å². The van der Waals surface area contributed by atoms with E-state index in [0.717, 1.165) is 38.4 Å². The van der Waals surface area contributed by atoms with Gasteiger partial charge in [0.05, 0.1) is 0 Å². The predicted molar refractivity (Wildman–Crippen MR) is 78.8 cm³/mol. The number of hydrogen-bond acceptors (Lipinski definition) is 4. The molecule has 0 rings (SSSR count). The Balaban J connectivity index is 0. The highest BCUT2D eigenvalue weighted by molar-refractivity contribution is 7.32. The molecule has 0 aliphatic rings. The van der Waals surface area contributed by atoms with E-state index < -0.39 is 8.25 Å². The van der Waals surface area contributed by atoms with Gasteiger partial charge in [-0.05, 0) is 25.2 Å². The van der Waals surface area contributed by atoms with E-state index in [1.165, 1.54) is 25.7 Å². The van der Waals surface area contributed by atoms with Crippen LogP contribution in [0.2, 0.25) is 0 Å². The highest BCUT2D eigenvalue weighted by Gasteiger charge is 2.09. The minimum atomic E-state index is -2.43. The maximum absolute atomic E-state index is 10.2. The number of rotatable bonds is 13. The fourth-order valence-electron chi connectivity index (χ4n) is 1.66. The highest BCUT2D eigenvalue weighted by atomic mass is 31.1. The average Bonchev–Trinajstić information content (AvgIpc) is 2.29. The van der Waals surface area contributed by atoms with Crippen LogP contribution in [0, 0.1) is 5.92 Å². The van der Waals surface area contributed by atoms with Crippen molar-refractivity contribution in [1.29, 1.82) is 0 Å². The van der Waals surface area contributed by atoms with Crippen LogP contribution in [-0.4, -0.2) is 24.7 Å². The Morgan fingerprint density at radius 3 is 2.05 bits per heavy atom. The topological polar surface area (TPSA) is 90.8 Å². The number of ether oxygens (including phenoxy) is 1. The summed E-state index contributed by atoms with van der Waals surface area (Å²) in [6.07, 6.45) is 8.01. The van der Waals surface area contributed by atoms with Crippen molar-refractivity contribution in [2.75, 3.05) is 19.8 Å². The van der Waals surface area contributed by atoms with Crippen LogP contribution in [0.5, 0.6) is 0 Å². The second-order valence-corrected chi connectivity index (χ2v) is 5.72. The maximum atomic E-state index is 10.2. The SMILES string of the molecule is CC(C)CCCCCCOCCCCO[P+](=O)O.N. The summed E-state index contributed by atoms with van der Waals surface area (Å²) in [7, 11) is -2.43. The van der Waals surface area contributed by atoms with Crippen molar-refractivity contribution in [2.24, 2.45) is 5.92 Å². The van der Waals surface area contributed by atoms with Gasteiger partial charge in [0.25, 0.3) is 0 Å². The third-order valence-corrected chi connectivity index (χ3v) is 3.11. The van der Waals surface area contributed by atoms with Gasteiger partial charge in [-0.1, -0.05) is 39.5 Å². The first-order valence-electron chi connectivity index (χ1n) is 6.99. The average molecular weight is 296 g/mol. The van der Waals surface area contributed by atoms with Crippen LogP contribution in [0.15, 0.2) is 0 Å². The van der Waals surface area contributed by atoms with Crippen molar-refractivity contribution < 1.29 is 18.7 Å². The van der Waals surface area contributed by atoms with E-state index in [2.05, 4.69) is 18.4 Å². The molecule has 0 heterocycles. The Hall–Kier alpha value is -0.0600. The van der Waals surface area contributed by atoms with Crippen LogP contribution in [0.25, 0.3) is 0 Å². The van der Waals surface area contributed by atoms with E-state index in [9.17, 15) is 4.57 Å². The molecule has 0 saturated carbocycles. The molecular formula is C13H31NO4P+. The zero-order chi connectivity index (χ0) is 13.6. The third-order valence-electron chi connectivity index (χ3n) is 2.70. The third kappa shape index (κ3) is 20.4. The molecule has 0 spiro atoms. The summed E-state index contributed by atoms with van der Waals surface area (Å²) >= 11 is 0. The molecule has 1 unspecified atom stereocenters. The van der Waals surface area contributed by atoms with Crippen molar-refractivity contribution >= 4 is 8.25 Å². The molecule has 4 N–H and O–H groups in total. The molecule has 5 nitrogen and oxygen atoms in total. The summed E-state index contributed by atoms with van der Waals surface area (Å²) in [6.45, 7) is 6.41. The Labute approximate surface area is 118 Å². The molecular weight excluding hydrogens is 265 g/mol. The predicted octanol–water partition coefficient (Wildman–Crippen LogP) is 4.22. The lowest BCUT2D eigenvalue weighted by Crippen LogP contribution is -1.99. The molecule has 116 valence electrons. The molecule has 0 aromatic rings. The lowest BCUT2D eigenvalue weighted by molar-refractivity contribution is 0.122. The summed E-state index contributed by atoms with van der Waals surface area (Å²) in [6, 6.07) is 0. The van der Waals surface area contributed by atoms with Crippen LogP contribution in [0.1, 0.15) is 58.8 Å². The van der Waals surface area contributed by atoms with Crippen LogP contribution in [0.4, 0.5) is 0 Å². The zero-order valence-corrected chi connectivity index (χ0v) is 13.4. The van der Waals surface area contributed by atoms with Gasteiger partial charge in [0.15, 0.2) is 0 Å². The van der Waals surface area contributed by atoms with Crippen LogP contribution in [0.3, 0.4) is 0 Å². The second kappa shape index (κ2) is 16.0. The molecule has 19 heavy (non-hydrogen) atoms. The Kier molecular flexibility index (Phi) is 17.9. The Morgan fingerprint density at radius 2 is 1.47 bits per heavy atom. The molecule has 0 saturated heterocycles. The molecule has 0 aromatic heterocycles. The smallest absolute Gasteiger partial charge is 0.381 e. The standard InChI is InChI=1S/C13H27O4P.H3N/c1-13(2)9-5-3-4-6-10-16-11-7-8-12-17-18(14)15;/h13H,3-12H2,1-2H3;1H3/p+1. The van der Waals surface area contributed by atoms with Gasteiger partial charge < -0.3 is 10.9 Å². The van der Waals surface area contributed by atoms with Crippen molar-refractivity contribution in [1.82, 2.24) is 6.15 Å². The van der Waals surface area contributed by atoms with E-state index >= 15 is 0 Å². The van der Waals surface area contributed by atoms with E-state index in [1.54, 1.807) is 0 Å². The van der Waals surface area contributed by atoms with Gasteiger partial charge in [-0.3, -0.25) is 0 Å². The molecule has 0 fully saturated rings. The molecule has 0 aliphatic carbocycles. The van der Waals surface area contributed by atoms with Crippen molar-refractivity contribution in [3.8, 4) is 0 Å². The summed E-state index contributed by atoms with van der Waals surface area (Å²) in [5.74, 6) is 0.817. The summed E-state index contributed by atoms with van der Waals surface area (Å²) in [4.78, 5) is 8.39. The number of hydrogen-bond donors (Lipinski definition) is 2. The highest BCUT2D eigenvalue weighted by Crippen LogP contribution is 2.14. The summed E-state index contributed by atoms with van der Waals surface area (Å²) in [5, 5.41) is 0. The first kappa shape index (κ1) is 21.2.